The predicted molar refractivity (Wildman–Crippen MR) is 53.0 cm³/mol. The quantitative estimate of drug-likeness (QED) is 0.722. The Balaban J connectivity index is 2.88. The van der Waals surface area contributed by atoms with Crippen LogP contribution in [-0.4, -0.2) is 13.6 Å². The Hall–Kier alpha value is -1.01. The fourth-order valence-corrected chi connectivity index (χ4v) is 1.54. The maximum atomic E-state index is 8.48. The van der Waals surface area contributed by atoms with E-state index in [1.807, 2.05) is 36.2 Å². The van der Waals surface area contributed by atoms with Gasteiger partial charge in [-0.05, 0) is 28.1 Å². The Labute approximate surface area is 80.5 Å². The van der Waals surface area contributed by atoms with E-state index in [0.717, 1.165) is 10.2 Å². The predicted octanol–water partition coefficient (Wildman–Crippen LogP) is 2.41. The van der Waals surface area contributed by atoms with E-state index in [2.05, 4.69) is 22.0 Å². The molecule has 0 bridgehead atoms. The largest absolute Gasteiger partial charge is 0.360 e. The molecule has 0 heterocycles. The van der Waals surface area contributed by atoms with Crippen LogP contribution in [0.25, 0.3) is 0 Å². The van der Waals surface area contributed by atoms with Crippen molar-refractivity contribution in [3.63, 3.8) is 0 Å². The first-order valence-corrected chi connectivity index (χ1v) is 4.37. The lowest BCUT2D eigenvalue weighted by Crippen LogP contribution is -2.17. The van der Waals surface area contributed by atoms with Gasteiger partial charge < -0.3 is 4.90 Å². The van der Waals surface area contributed by atoms with Gasteiger partial charge in [0.25, 0.3) is 0 Å². The number of anilines is 1. The molecule has 0 aliphatic rings. The molecule has 1 aromatic rings. The average Bonchev–Trinajstić information content (AvgIpc) is 2.05. The molecule has 62 valence electrons. The summed E-state index contributed by atoms with van der Waals surface area (Å²) in [5.74, 6) is 0. The minimum atomic E-state index is 0.405. The van der Waals surface area contributed by atoms with Crippen LogP contribution in [0.1, 0.15) is 0 Å². The van der Waals surface area contributed by atoms with Crippen molar-refractivity contribution in [2.45, 2.75) is 0 Å². The summed E-state index contributed by atoms with van der Waals surface area (Å²) in [6, 6.07) is 9.94. The molecule has 0 aliphatic carbocycles. The van der Waals surface area contributed by atoms with Crippen LogP contribution in [0.2, 0.25) is 0 Å². The van der Waals surface area contributed by atoms with Gasteiger partial charge in [-0.2, -0.15) is 5.26 Å². The Morgan fingerprint density at radius 2 is 2.17 bits per heavy atom. The van der Waals surface area contributed by atoms with Crippen molar-refractivity contribution in [2.75, 3.05) is 18.5 Å². The maximum Gasteiger partial charge on any atom is 0.105 e. The molecule has 0 aliphatic heterocycles. The van der Waals surface area contributed by atoms with Crippen molar-refractivity contribution in [3.05, 3.63) is 28.7 Å². The molecule has 1 rings (SSSR count). The standard InChI is InChI=1S/C9H9BrN2/c1-12(7-6-11)9-5-3-2-4-8(9)10/h2-5H,7H2,1H3. The van der Waals surface area contributed by atoms with Crippen molar-refractivity contribution in [3.8, 4) is 6.07 Å². The molecular weight excluding hydrogens is 216 g/mol. The fourth-order valence-electron chi connectivity index (χ4n) is 0.953. The minimum absolute atomic E-state index is 0.405. The Morgan fingerprint density at radius 1 is 1.50 bits per heavy atom. The Bertz CT molecular complexity index is 304. The molecule has 0 radical (unpaired) electrons. The molecule has 1 aromatic carbocycles. The number of benzene rings is 1. The zero-order valence-corrected chi connectivity index (χ0v) is 8.37. The number of para-hydroxylation sites is 1. The van der Waals surface area contributed by atoms with Gasteiger partial charge in [0.05, 0.1) is 11.8 Å². The van der Waals surface area contributed by atoms with Crippen LogP contribution < -0.4 is 4.90 Å². The second-order valence-corrected chi connectivity index (χ2v) is 3.32. The van der Waals surface area contributed by atoms with Crippen molar-refractivity contribution < 1.29 is 0 Å². The number of rotatable bonds is 2. The topological polar surface area (TPSA) is 27.0 Å². The number of hydrogen-bond donors (Lipinski definition) is 0. The third kappa shape index (κ3) is 1.99. The van der Waals surface area contributed by atoms with Crippen LogP contribution in [0.5, 0.6) is 0 Å². The van der Waals surface area contributed by atoms with Gasteiger partial charge in [0.1, 0.15) is 6.54 Å². The molecule has 0 amide bonds. The smallest absolute Gasteiger partial charge is 0.105 e. The van der Waals surface area contributed by atoms with Crippen LogP contribution in [0.4, 0.5) is 5.69 Å². The summed E-state index contributed by atoms with van der Waals surface area (Å²) in [5.41, 5.74) is 1.04. The minimum Gasteiger partial charge on any atom is -0.360 e. The van der Waals surface area contributed by atoms with E-state index in [1.165, 1.54) is 0 Å². The molecule has 0 atom stereocenters. The molecule has 0 unspecified atom stereocenters. The van der Waals surface area contributed by atoms with Gasteiger partial charge >= 0.3 is 0 Å². The van der Waals surface area contributed by atoms with E-state index in [0.29, 0.717) is 6.54 Å². The van der Waals surface area contributed by atoms with Crippen molar-refractivity contribution in [1.82, 2.24) is 0 Å². The van der Waals surface area contributed by atoms with E-state index in [-0.39, 0.29) is 0 Å². The first kappa shape index (κ1) is 9.08. The normalized spacial score (nSPS) is 9.08. The molecule has 12 heavy (non-hydrogen) atoms. The molecule has 0 saturated carbocycles. The van der Waals surface area contributed by atoms with Gasteiger partial charge in [-0.25, -0.2) is 0 Å². The fraction of sp³-hybridized carbons (Fsp3) is 0.222. The van der Waals surface area contributed by atoms with Crippen molar-refractivity contribution in [2.24, 2.45) is 0 Å². The number of nitrogens with zero attached hydrogens (tertiary/aromatic N) is 2. The second kappa shape index (κ2) is 4.13. The second-order valence-electron chi connectivity index (χ2n) is 2.47. The van der Waals surface area contributed by atoms with Crippen molar-refractivity contribution >= 4 is 21.6 Å². The van der Waals surface area contributed by atoms with Crippen LogP contribution >= 0.6 is 15.9 Å². The van der Waals surface area contributed by atoms with E-state index >= 15 is 0 Å². The third-order valence-corrected chi connectivity index (χ3v) is 2.24. The van der Waals surface area contributed by atoms with Gasteiger partial charge in [0, 0.05) is 11.5 Å². The van der Waals surface area contributed by atoms with Crippen LogP contribution in [0.15, 0.2) is 28.7 Å². The Morgan fingerprint density at radius 3 is 2.75 bits per heavy atom. The first-order chi connectivity index (χ1) is 5.75. The van der Waals surface area contributed by atoms with Gasteiger partial charge in [-0.1, -0.05) is 12.1 Å². The summed E-state index contributed by atoms with van der Waals surface area (Å²) < 4.78 is 1.02. The van der Waals surface area contributed by atoms with Gasteiger partial charge in [0.2, 0.25) is 0 Å². The molecule has 0 N–H and O–H groups in total. The molecule has 0 aromatic heterocycles. The summed E-state index contributed by atoms with van der Waals surface area (Å²) in [4.78, 5) is 1.89. The maximum absolute atomic E-state index is 8.48. The highest BCUT2D eigenvalue weighted by Crippen LogP contribution is 2.23. The molecule has 3 heteroatoms. The van der Waals surface area contributed by atoms with E-state index < -0.39 is 0 Å². The third-order valence-electron chi connectivity index (χ3n) is 1.57. The van der Waals surface area contributed by atoms with Gasteiger partial charge in [-0.15, -0.1) is 0 Å². The lowest BCUT2D eigenvalue weighted by Gasteiger charge is -2.16. The summed E-state index contributed by atoms with van der Waals surface area (Å²) >= 11 is 3.42. The average molecular weight is 225 g/mol. The zero-order chi connectivity index (χ0) is 8.97. The summed E-state index contributed by atoms with van der Waals surface area (Å²) in [6.45, 7) is 0.405. The van der Waals surface area contributed by atoms with Gasteiger partial charge in [0.15, 0.2) is 0 Å². The summed E-state index contributed by atoms with van der Waals surface area (Å²) in [6.07, 6.45) is 0. The SMILES string of the molecule is CN(CC#N)c1ccccc1Br. The highest BCUT2D eigenvalue weighted by molar-refractivity contribution is 9.10. The Kier molecular flexibility index (Phi) is 3.12. The number of halogens is 1. The first-order valence-electron chi connectivity index (χ1n) is 3.58. The van der Waals surface area contributed by atoms with Gasteiger partial charge in [-0.3, -0.25) is 0 Å². The lowest BCUT2D eigenvalue weighted by atomic mass is 10.3. The van der Waals surface area contributed by atoms with Crippen LogP contribution in [-0.2, 0) is 0 Å². The lowest BCUT2D eigenvalue weighted by molar-refractivity contribution is 1.03. The molecular formula is C9H9BrN2. The summed E-state index contributed by atoms with van der Waals surface area (Å²) in [5, 5.41) is 8.48. The van der Waals surface area contributed by atoms with Crippen LogP contribution in [0.3, 0.4) is 0 Å². The van der Waals surface area contributed by atoms with Crippen molar-refractivity contribution in [1.29, 1.82) is 5.26 Å². The molecule has 2 nitrogen and oxygen atoms in total. The van der Waals surface area contributed by atoms with Crippen LogP contribution in [0, 0.1) is 11.3 Å². The van der Waals surface area contributed by atoms with E-state index in [9.17, 15) is 0 Å². The molecule has 0 spiro atoms. The number of hydrogen-bond acceptors (Lipinski definition) is 2. The van der Waals surface area contributed by atoms with E-state index in [1.54, 1.807) is 0 Å². The monoisotopic (exact) mass is 224 g/mol. The highest BCUT2D eigenvalue weighted by atomic mass is 79.9. The summed E-state index contributed by atoms with van der Waals surface area (Å²) in [7, 11) is 1.89. The van der Waals surface area contributed by atoms with E-state index in [4.69, 9.17) is 5.26 Å². The highest BCUT2D eigenvalue weighted by Gasteiger charge is 2.02. The molecule has 0 saturated heterocycles. The molecule has 0 fully saturated rings. The number of nitriles is 1. The zero-order valence-electron chi connectivity index (χ0n) is 6.79.